The van der Waals surface area contributed by atoms with E-state index in [2.05, 4.69) is 0 Å². The maximum Gasteiger partial charge on any atom is 0.295 e. The van der Waals surface area contributed by atoms with Crippen LogP contribution in [0.25, 0.3) is 5.76 Å². The van der Waals surface area contributed by atoms with Gasteiger partial charge in [-0.05, 0) is 58.1 Å². The van der Waals surface area contributed by atoms with E-state index in [0.29, 0.717) is 12.1 Å². The number of nitrogens with zero attached hydrogens (tertiary/aromatic N) is 2. The van der Waals surface area contributed by atoms with E-state index in [4.69, 9.17) is 0 Å². The first-order valence-electron chi connectivity index (χ1n) is 9.87. The quantitative estimate of drug-likeness (QED) is 0.463. The number of rotatable bonds is 6. The van der Waals surface area contributed by atoms with Crippen LogP contribution in [-0.2, 0) is 9.59 Å². The lowest BCUT2D eigenvalue weighted by molar-refractivity contribution is -0.139. The first kappa shape index (κ1) is 20.8. The standard InChI is InChI=1S/C24H28N2O3/c1-16-11-12-17(2)19(15-16)22(27)20-21(18-9-6-5-7-10-18)26(24(29)23(20)28)14-8-13-25(3)4/h5-7,9-12,15,21,27H,8,13-14H2,1-4H3/t21-/m1/s1. The Morgan fingerprint density at radius 1 is 1.07 bits per heavy atom. The molecule has 1 N–H and O–H groups in total. The predicted molar refractivity (Wildman–Crippen MR) is 115 cm³/mol. The zero-order valence-electron chi connectivity index (χ0n) is 17.5. The highest BCUT2D eigenvalue weighted by Gasteiger charge is 2.45. The number of hydrogen-bond acceptors (Lipinski definition) is 4. The third-order valence-electron chi connectivity index (χ3n) is 5.31. The molecule has 1 aliphatic heterocycles. The summed E-state index contributed by atoms with van der Waals surface area (Å²) in [7, 11) is 3.95. The Labute approximate surface area is 172 Å². The van der Waals surface area contributed by atoms with Gasteiger partial charge in [0.2, 0.25) is 0 Å². The van der Waals surface area contributed by atoms with E-state index in [9.17, 15) is 14.7 Å². The molecule has 29 heavy (non-hydrogen) atoms. The summed E-state index contributed by atoms with van der Waals surface area (Å²) in [4.78, 5) is 29.5. The minimum absolute atomic E-state index is 0.103. The topological polar surface area (TPSA) is 60.9 Å². The second-order valence-electron chi connectivity index (χ2n) is 7.88. The Hall–Kier alpha value is -2.92. The Morgan fingerprint density at radius 2 is 1.76 bits per heavy atom. The molecule has 5 nitrogen and oxygen atoms in total. The summed E-state index contributed by atoms with van der Waals surface area (Å²) in [6.07, 6.45) is 0.743. The molecule has 1 fully saturated rings. The van der Waals surface area contributed by atoms with Gasteiger partial charge in [0.1, 0.15) is 5.76 Å². The molecule has 0 bridgehead atoms. The van der Waals surface area contributed by atoms with Crippen LogP contribution in [0.15, 0.2) is 54.1 Å². The van der Waals surface area contributed by atoms with Gasteiger partial charge < -0.3 is 14.9 Å². The van der Waals surface area contributed by atoms with Crippen molar-refractivity contribution in [1.82, 2.24) is 9.80 Å². The molecule has 1 saturated heterocycles. The van der Waals surface area contributed by atoms with Crippen molar-refractivity contribution in [3.8, 4) is 0 Å². The van der Waals surface area contributed by atoms with Crippen molar-refractivity contribution in [1.29, 1.82) is 0 Å². The number of aliphatic hydroxyl groups excluding tert-OH is 1. The van der Waals surface area contributed by atoms with E-state index in [0.717, 1.165) is 29.7 Å². The van der Waals surface area contributed by atoms with E-state index in [1.165, 1.54) is 0 Å². The number of carbonyl (C=O) groups is 2. The fraction of sp³-hybridized carbons (Fsp3) is 0.333. The summed E-state index contributed by atoms with van der Waals surface area (Å²) in [5.74, 6) is -1.28. The number of ketones is 1. The number of amides is 1. The third kappa shape index (κ3) is 4.25. The number of likely N-dealkylation sites (tertiary alicyclic amines) is 1. The summed E-state index contributed by atoms with van der Waals surface area (Å²) in [6, 6.07) is 14.6. The van der Waals surface area contributed by atoms with E-state index in [1.807, 2.05) is 81.4 Å². The number of benzene rings is 2. The molecule has 1 atom stereocenters. The van der Waals surface area contributed by atoms with E-state index < -0.39 is 17.7 Å². The van der Waals surface area contributed by atoms with Gasteiger partial charge in [-0.1, -0.05) is 48.0 Å². The first-order chi connectivity index (χ1) is 13.8. The molecule has 0 aliphatic carbocycles. The van der Waals surface area contributed by atoms with Gasteiger partial charge in [0.25, 0.3) is 11.7 Å². The molecule has 2 aromatic rings. The van der Waals surface area contributed by atoms with Crippen molar-refractivity contribution in [2.24, 2.45) is 0 Å². The van der Waals surface area contributed by atoms with Crippen LogP contribution in [0.1, 0.15) is 34.7 Å². The Kier molecular flexibility index (Phi) is 6.18. The summed E-state index contributed by atoms with van der Waals surface area (Å²) in [6.45, 7) is 5.08. The molecule has 152 valence electrons. The monoisotopic (exact) mass is 392 g/mol. The molecule has 0 aromatic heterocycles. The lowest BCUT2D eigenvalue weighted by atomic mass is 9.93. The van der Waals surface area contributed by atoms with Gasteiger partial charge in [-0.25, -0.2) is 0 Å². The molecule has 3 rings (SSSR count). The zero-order valence-corrected chi connectivity index (χ0v) is 17.5. The fourth-order valence-corrected chi connectivity index (χ4v) is 3.79. The van der Waals surface area contributed by atoms with Crippen LogP contribution in [0.5, 0.6) is 0 Å². The van der Waals surface area contributed by atoms with Gasteiger partial charge in [-0.3, -0.25) is 9.59 Å². The van der Waals surface area contributed by atoms with Gasteiger partial charge >= 0.3 is 0 Å². The Balaban J connectivity index is 2.12. The molecule has 1 amide bonds. The van der Waals surface area contributed by atoms with Gasteiger partial charge in [0.15, 0.2) is 0 Å². The largest absolute Gasteiger partial charge is 0.507 e. The minimum Gasteiger partial charge on any atom is -0.507 e. The number of carbonyl (C=O) groups excluding carboxylic acids is 2. The molecule has 0 radical (unpaired) electrons. The molecule has 0 saturated carbocycles. The normalized spacial score (nSPS) is 18.7. The molecular weight excluding hydrogens is 364 g/mol. The summed E-state index contributed by atoms with van der Waals surface area (Å²) < 4.78 is 0. The van der Waals surface area contributed by atoms with E-state index in [1.54, 1.807) is 4.90 Å². The lowest BCUT2D eigenvalue weighted by Gasteiger charge is -2.26. The number of hydrogen-bond donors (Lipinski definition) is 1. The average Bonchev–Trinajstić information content (AvgIpc) is 2.94. The van der Waals surface area contributed by atoms with Crippen molar-refractivity contribution in [2.45, 2.75) is 26.3 Å². The molecule has 1 heterocycles. The first-order valence-corrected chi connectivity index (χ1v) is 9.87. The number of aliphatic hydroxyl groups is 1. The summed E-state index contributed by atoms with van der Waals surface area (Å²) >= 11 is 0. The van der Waals surface area contributed by atoms with Crippen LogP contribution in [0.4, 0.5) is 0 Å². The molecular formula is C24H28N2O3. The van der Waals surface area contributed by atoms with Gasteiger partial charge in [-0.2, -0.15) is 0 Å². The number of aryl methyl sites for hydroxylation is 2. The van der Waals surface area contributed by atoms with Crippen molar-refractivity contribution in [2.75, 3.05) is 27.2 Å². The van der Waals surface area contributed by atoms with Crippen LogP contribution in [0.2, 0.25) is 0 Å². The zero-order chi connectivity index (χ0) is 21.1. The second kappa shape index (κ2) is 8.62. The van der Waals surface area contributed by atoms with Gasteiger partial charge in [0.05, 0.1) is 11.6 Å². The second-order valence-corrected chi connectivity index (χ2v) is 7.88. The molecule has 2 aromatic carbocycles. The fourth-order valence-electron chi connectivity index (χ4n) is 3.79. The summed E-state index contributed by atoms with van der Waals surface area (Å²) in [5.41, 5.74) is 3.42. The third-order valence-corrected chi connectivity index (χ3v) is 5.31. The minimum atomic E-state index is -0.623. The highest BCUT2D eigenvalue weighted by Crippen LogP contribution is 2.39. The van der Waals surface area contributed by atoms with Crippen LogP contribution >= 0.6 is 0 Å². The van der Waals surface area contributed by atoms with Crippen molar-refractivity contribution < 1.29 is 14.7 Å². The molecule has 0 spiro atoms. The summed E-state index contributed by atoms with van der Waals surface area (Å²) in [5, 5.41) is 11.1. The van der Waals surface area contributed by atoms with Crippen LogP contribution in [0.3, 0.4) is 0 Å². The van der Waals surface area contributed by atoms with E-state index >= 15 is 0 Å². The molecule has 0 unspecified atom stereocenters. The average molecular weight is 392 g/mol. The van der Waals surface area contributed by atoms with Crippen LogP contribution in [-0.4, -0.2) is 53.8 Å². The Morgan fingerprint density at radius 3 is 2.41 bits per heavy atom. The maximum atomic E-state index is 13.0. The highest BCUT2D eigenvalue weighted by atomic mass is 16.3. The Bertz CT molecular complexity index is 948. The van der Waals surface area contributed by atoms with Crippen molar-refractivity contribution >= 4 is 17.4 Å². The van der Waals surface area contributed by atoms with Crippen LogP contribution < -0.4 is 0 Å². The van der Waals surface area contributed by atoms with Gasteiger partial charge in [0, 0.05) is 12.1 Å². The maximum absolute atomic E-state index is 13.0. The van der Waals surface area contributed by atoms with Crippen molar-refractivity contribution in [3.63, 3.8) is 0 Å². The predicted octanol–water partition coefficient (Wildman–Crippen LogP) is 3.68. The van der Waals surface area contributed by atoms with E-state index in [-0.39, 0.29) is 11.3 Å². The number of Topliss-reactive ketones (excluding diaryl/α,β-unsaturated/α-hetero) is 1. The van der Waals surface area contributed by atoms with Crippen molar-refractivity contribution in [3.05, 3.63) is 76.4 Å². The molecule has 1 aliphatic rings. The highest BCUT2D eigenvalue weighted by molar-refractivity contribution is 6.46. The lowest BCUT2D eigenvalue weighted by Crippen LogP contribution is -2.32. The molecule has 5 heteroatoms. The SMILES string of the molecule is Cc1ccc(C)c(C(O)=C2C(=O)C(=O)N(CCCN(C)C)[C@@H]2c2ccccc2)c1. The van der Waals surface area contributed by atoms with Crippen LogP contribution in [0, 0.1) is 13.8 Å². The van der Waals surface area contributed by atoms with Gasteiger partial charge in [-0.15, -0.1) is 0 Å². The smallest absolute Gasteiger partial charge is 0.295 e.